The third-order valence-corrected chi connectivity index (χ3v) is 9.76. The summed E-state index contributed by atoms with van der Waals surface area (Å²) in [6, 6.07) is 4.37. The minimum atomic E-state index is -0.801. The van der Waals surface area contributed by atoms with Crippen molar-refractivity contribution in [2.75, 3.05) is 33.9 Å². The summed E-state index contributed by atoms with van der Waals surface area (Å²) in [5, 5.41) is 22.6. The Balaban J connectivity index is 2.23. The van der Waals surface area contributed by atoms with Gasteiger partial charge in [-0.25, -0.2) is 0 Å². The highest BCUT2D eigenvalue weighted by Crippen LogP contribution is 2.46. The zero-order valence-corrected chi connectivity index (χ0v) is 25.6. The molecule has 1 aromatic rings. The average Bonchev–Trinajstić information content (AvgIpc) is 3.66. The first kappa shape index (κ1) is 31.9. The topological polar surface area (TPSA) is 62.2 Å². The SMILES string of the molecule is CCC(CC)(CCN(CC1CC1)C(C)CCC(COC)[C@](C)(O)C(C)(C)C)c1c(C)ccc(OC)c1O. The van der Waals surface area contributed by atoms with Gasteiger partial charge in [-0.15, -0.1) is 0 Å². The summed E-state index contributed by atoms with van der Waals surface area (Å²) in [4.78, 5) is 2.68. The van der Waals surface area contributed by atoms with E-state index in [1.54, 1.807) is 14.2 Å². The lowest BCUT2D eigenvalue weighted by Crippen LogP contribution is -2.49. The largest absolute Gasteiger partial charge is 0.504 e. The van der Waals surface area contributed by atoms with Crippen molar-refractivity contribution in [2.24, 2.45) is 17.3 Å². The first-order chi connectivity index (χ1) is 17.3. The Bertz CT molecular complexity index is 836. The number of benzene rings is 1. The van der Waals surface area contributed by atoms with Gasteiger partial charge in [0.15, 0.2) is 11.5 Å². The normalized spacial score (nSPS) is 18.1. The van der Waals surface area contributed by atoms with Crippen molar-refractivity contribution in [3.63, 3.8) is 0 Å². The second-order valence-electron chi connectivity index (χ2n) is 13.0. The second kappa shape index (κ2) is 13.2. The van der Waals surface area contributed by atoms with Crippen molar-refractivity contribution in [3.05, 3.63) is 23.3 Å². The maximum absolute atomic E-state index is 11.4. The highest BCUT2D eigenvalue weighted by Gasteiger charge is 2.42. The Hall–Kier alpha value is -1.30. The minimum absolute atomic E-state index is 0.0875. The zero-order chi connectivity index (χ0) is 28.0. The van der Waals surface area contributed by atoms with Crippen LogP contribution in [0.25, 0.3) is 0 Å². The van der Waals surface area contributed by atoms with Crippen LogP contribution < -0.4 is 4.74 Å². The fraction of sp³-hybridized carbons (Fsp3) is 0.812. The second-order valence-corrected chi connectivity index (χ2v) is 13.0. The van der Waals surface area contributed by atoms with Gasteiger partial charge in [-0.3, -0.25) is 0 Å². The molecule has 0 aliphatic heterocycles. The van der Waals surface area contributed by atoms with Gasteiger partial charge in [0.25, 0.3) is 0 Å². The predicted molar refractivity (Wildman–Crippen MR) is 155 cm³/mol. The number of nitrogens with zero attached hydrogens (tertiary/aromatic N) is 1. The predicted octanol–water partition coefficient (Wildman–Crippen LogP) is 7.10. The number of phenolic OH excluding ortho intramolecular Hbond substituents is 1. The van der Waals surface area contributed by atoms with Gasteiger partial charge >= 0.3 is 0 Å². The molecule has 2 unspecified atom stereocenters. The molecule has 214 valence electrons. The van der Waals surface area contributed by atoms with Gasteiger partial charge in [0, 0.05) is 36.6 Å². The standard InChI is InChI=1S/C32H57NO4/c1-11-32(12-2,28-23(3)13-18-27(37-10)29(28)34)19-20-33(21-25-15-16-25)24(4)14-17-26(22-36-9)31(8,35)30(5,6)7/h13,18,24-26,34-35H,11-12,14-17,19-22H2,1-10H3/t24?,26?,31-/m0/s1. The highest BCUT2D eigenvalue weighted by atomic mass is 16.5. The molecule has 37 heavy (non-hydrogen) atoms. The van der Waals surface area contributed by atoms with E-state index in [1.807, 2.05) is 13.0 Å². The minimum Gasteiger partial charge on any atom is -0.504 e. The van der Waals surface area contributed by atoms with E-state index in [4.69, 9.17) is 9.47 Å². The summed E-state index contributed by atoms with van der Waals surface area (Å²) in [5.41, 5.74) is 1.07. The maximum Gasteiger partial charge on any atom is 0.161 e. The molecule has 1 saturated carbocycles. The van der Waals surface area contributed by atoms with E-state index in [-0.39, 0.29) is 16.7 Å². The monoisotopic (exact) mass is 519 g/mol. The Morgan fingerprint density at radius 1 is 1.05 bits per heavy atom. The first-order valence-electron chi connectivity index (χ1n) is 14.6. The molecule has 3 atom stereocenters. The fourth-order valence-electron chi connectivity index (χ4n) is 6.04. The summed E-state index contributed by atoms with van der Waals surface area (Å²) in [5.74, 6) is 1.76. The summed E-state index contributed by atoms with van der Waals surface area (Å²) in [6.07, 6.45) is 7.57. The molecule has 2 rings (SSSR count). The molecular formula is C32H57NO4. The van der Waals surface area contributed by atoms with Crippen LogP contribution in [0.4, 0.5) is 0 Å². The maximum atomic E-state index is 11.4. The van der Waals surface area contributed by atoms with Gasteiger partial charge in [0.1, 0.15) is 0 Å². The summed E-state index contributed by atoms with van der Waals surface area (Å²) < 4.78 is 11.0. The van der Waals surface area contributed by atoms with Gasteiger partial charge in [-0.1, -0.05) is 40.7 Å². The number of aryl methyl sites for hydroxylation is 1. The number of phenols is 1. The summed E-state index contributed by atoms with van der Waals surface area (Å²) in [7, 11) is 3.36. The lowest BCUT2D eigenvalue weighted by molar-refractivity contribution is -0.111. The molecule has 0 radical (unpaired) electrons. The van der Waals surface area contributed by atoms with E-state index >= 15 is 0 Å². The third kappa shape index (κ3) is 7.64. The van der Waals surface area contributed by atoms with Crippen LogP contribution >= 0.6 is 0 Å². The Kier molecular flexibility index (Phi) is 11.4. The fourth-order valence-corrected chi connectivity index (χ4v) is 6.04. The van der Waals surface area contributed by atoms with Crippen LogP contribution in [0.1, 0.15) is 105 Å². The molecular weight excluding hydrogens is 462 g/mol. The van der Waals surface area contributed by atoms with E-state index in [0.29, 0.717) is 24.1 Å². The summed E-state index contributed by atoms with van der Waals surface area (Å²) >= 11 is 0. The first-order valence-corrected chi connectivity index (χ1v) is 14.6. The lowest BCUT2D eigenvalue weighted by atomic mass is 9.68. The molecule has 5 heteroatoms. The smallest absolute Gasteiger partial charge is 0.161 e. The summed E-state index contributed by atoms with van der Waals surface area (Å²) in [6.45, 7) is 20.0. The molecule has 0 bridgehead atoms. The van der Waals surface area contributed by atoms with E-state index in [9.17, 15) is 10.2 Å². The van der Waals surface area contributed by atoms with Crippen molar-refractivity contribution < 1.29 is 19.7 Å². The van der Waals surface area contributed by atoms with Gasteiger partial charge in [0.05, 0.1) is 19.3 Å². The van der Waals surface area contributed by atoms with Gasteiger partial charge in [-0.05, 0) is 95.2 Å². The van der Waals surface area contributed by atoms with E-state index < -0.39 is 5.60 Å². The molecule has 5 nitrogen and oxygen atoms in total. The number of rotatable bonds is 16. The Morgan fingerprint density at radius 3 is 2.16 bits per heavy atom. The quantitative estimate of drug-likeness (QED) is 0.244. The van der Waals surface area contributed by atoms with Crippen LogP contribution in [-0.4, -0.2) is 60.7 Å². The molecule has 1 aliphatic rings. The molecule has 1 aliphatic carbocycles. The van der Waals surface area contributed by atoms with Gasteiger partial charge in [0.2, 0.25) is 0 Å². The lowest BCUT2D eigenvalue weighted by Gasteiger charge is -2.44. The number of hydrogen-bond acceptors (Lipinski definition) is 5. The van der Waals surface area contributed by atoms with Crippen LogP contribution in [-0.2, 0) is 10.2 Å². The highest BCUT2D eigenvalue weighted by molar-refractivity contribution is 5.53. The molecule has 2 N–H and O–H groups in total. The number of hydrogen-bond donors (Lipinski definition) is 2. The van der Waals surface area contributed by atoms with Crippen LogP contribution in [0, 0.1) is 24.2 Å². The molecule has 0 saturated heterocycles. The molecule has 1 fully saturated rings. The van der Waals surface area contributed by atoms with E-state index in [1.165, 1.54) is 12.8 Å². The van der Waals surface area contributed by atoms with Crippen molar-refractivity contribution in [1.82, 2.24) is 4.90 Å². The molecule has 0 amide bonds. The Morgan fingerprint density at radius 2 is 1.68 bits per heavy atom. The van der Waals surface area contributed by atoms with E-state index in [2.05, 4.69) is 59.4 Å². The number of aliphatic hydroxyl groups is 1. The molecule has 0 spiro atoms. The molecule has 1 aromatic carbocycles. The number of methoxy groups -OCH3 is 2. The average molecular weight is 520 g/mol. The van der Waals surface area contributed by atoms with Crippen molar-refractivity contribution in [1.29, 1.82) is 0 Å². The van der Waals surface area contributed by atoms with Gasteiger partial charge in [-0.2, -0.15) is 0 Å². The van der Waals surface area contributed by atoms with Crippen LogP contribution in [0.5, 0.6) is 11.5 Å². The van der Waals surface area contributed by atoms with Crippen molar-refractivity contribution in [3.8, 4) is 11.5 Å². The van der Waals surface area contributed by atoms with Crippen molar-refractivity contribution >= 4 is 0 Å². The van der Waals surface area contributed by atoms with Crippen LogP contribution in [0.3, 0.4) is 0 Å². The van der Waals surface area contributed by atoms with Crippen LogP contribution in [0.2, 0.25) is 0 Å². The Labute approximate surface area is 227 Å². The zero-order valence-electron chi connectivity index (χ0n) is 25.6. The van der Waals surface area contributed by atoms with E-state index in [0.717, 1.165) is 62.2 Å². The van der Waals surface area contributed by atoms with Crippen molar-refractivity contribution in [2.45, 2.75) is 117 Å². The van der Waals surface area contributed by atoms with Crippen LogP contribution in [0.15, 0.2) is 12.1 Å². The van der Waals surface area contributed by atoms with Gasteiger partial charge < -0.3 is 24.6 Å². The third-order valence-electron chi connectivity index (χ3n) is 9.76. The number of ether oxygens (including phenoxy) is 2. The molecule has 0 heterocycles. The number of aromatic hydroxyl groups is 1. The molecule has 0 aromatic heterocycles.